The molecule has 0 saturated heterocycles. The van der Waals surface area contributed by atoms with E-state index in [9.17, 15) is 0 Å². The van der Waals surface area contributed by atoms with Gasteiger partial charge in [-0.25, -0.2) is 0 Å². The van der Waals surface area contributed by atoms with Gasteiger partial charge in [0, 0.05) is 5.69 Å². The Balaban J connectivity index is 2.09. The normalized spacial score (nSPS) is 23.3. The van der Waals surface area contributed by atoms with Crippen LogP contribution in [0.4, 0.5) is 5.69 Å². The minimum Gasteiger partial charge on any atom is -0.490 e. The van der Waals surface area contributed by atoms with Crippen molar-refractivity contribution in [1.82, 2.24) is 0 Å². The van der Waals surface area contributed by atoms with E-state index in [2.05, 4.69) is 13.0 Å². The molecule has 2 N–H and O–H groups in total. The zero-order valence-electron chi connectivity index (χ0n) is 10.9. The average molecular weight is 244 g/mol. The van der Waals surface area contributed by atoms with Gasteiger partial charge in [-0.2, -0.15) is 5.26 Å². The highest BCUT2D eigenvalue weighted by molar-refractivity contribution is 5.51. The van der Waals surface area contributed by atoms with Crippen molar-refractivity contribution in [2.24, 2.45) is 5.92 Å². The van der Waals surface area contributed by atoms with Gasteiger partial charge < -0.3 is 10.5 Å². The topological polar surface area (TPSA) is 59.0 Å². The van der Waals surface area contributed by atoms with E-state index in [0.717, 1.165) is 17.7 Å². The molecule has 0 aromatic heterocycles. The Bertz CT molecular complexity index is 450. The molecule has 1 aliphatic rings. The Morgan fingerprint density at radius 1 is 1.39 bits per heavy atom. The summed E-state index contributed by atoms with van der Waals surface area (Å²) in [5, 5.41) is 8.75. The van der Waals surface area contributed by atoms with Crippen LogP contribution in [0.5, 0.6) is 5.75 Å². The van der Waals surface area contributed by atoms with Crippen LogP contribution in [-0.4, -0.2) is 6.10 Å². The van der Waals surface area contributed by atoms with Crippen molar-refractivity contribution < 1.29 is 4.74 Å². The standard InChI is InChI=1S/C15H20N2O/c1-11-4-2-3-5-15(11)18-13-6-7-14(17)12(10-13)8-9-16/h6-7,10-11,15H,2-5,8,17H2,1H3. The number of benzene rings is 1. The largest absolute Gasteiger partial charge is 0.490 e. The number of nitrogens with two attached hydrogens (primary N) is 1. The Labute approximate surface area is 109 Å². The van der Waals surface area contributed by atoms with E-state index >= 15 is 0 Å². The average Bonchev–Trinajstić information content (AvgIpc) is 2.36. The molecule has 0 aliphatic heterocycles. The number of nitrogen functional groups attached to an aromatic ring is 1. The summed E-state index contributed by atoms with van der Waals surface area (Å²) >= 11 is 0. The van der Waals surface area contributed by atoms with E-state index in [1.165, 1.54) is 19.3 Å². The molecule has 1 saturated carbocycles. The molecule has 2 atom stereocenters. The van der Waals surface area contributed by atoms with Crippen LogP contribution in [0.1, 0.15) is 38.2 Å². The van der Waals surface area contributed by atoms with Gasteiger partial charge in [-0.3, -0.25) is 0 Å². The lowest BCUT2D eigenvalue weighted by Gasteiger charge is -2.29. The molecule has 0 heterocycles. The molecule has 0 amide bonds. The summed E-state index contributed by atoms with van der Waals surface area (Å²) < 4.78 is 6.04. The molecule has 18 heavy (non-hydrogen) atoms. The van der Waals surface area contributed by atoms with Gasteiger partial charge in [0.25, 0.3) is 0 Å². The van der Waals surface area contributed by atoms with Crippen LogP contribution in [0.2, 0.25) is 0 Å². The van der Waals surface area contributed by atoms with Gasteiger partial charge in [0.05, 0.1) is 12.5 Å². The van der Waals surface area contributed by atoms with Crippen molar-refractivity contribution in [2.45, 2.75) is 45.1 Å². The second-order valence-corrected chi connectivity index (χ2v) is 5.11. The zero-order valence-corrected chi connectivity index (χ0v) is 10.9. The molecule has 3 nitrogen and oxygen atoms in total. The second-order valence-electron chi connectivity index (χ2n) is 5.11. The van der Waals surface area contributed by atoms with Crippen molar-refractivity contribution >= 4 is 5.69 Å². The van der Waals surface area contributed by atoms with E-state index < -0.39 is 0 Å². The summed E-state index contributed by atoms with van der Waals surface area (Å²) in [4.78, 5) is 0. The van der Waals surface area contributed by atoms with Crippen molar-refractivity contribution in [3.05, 3.63) is 23.8 Å². The van der Waals surface area contributed by atoms with Crippen molar-refractivity contribution in [3.8, 4) is 11.8 Å². The lowest BCUT2D eigenvalue weighted by molar-refractivity contribution is 0.102. The Kier molecular flexibility index (Phi) is 4.09. The molecule has 96 valence electrons. The molecule has 2 unspecified atom stereocenters. The first kappa shape index (κ1) is 12.8. The highest BCUT2D eigenvalue weighted by Gasteiger charge is 2.22. The van der Waals surface area contributed by atoms with E-state index in [1.54, 1.807) is 0 Å². The number of anilines is 1. The van der Waals surface area contributed by atoms with Crippen LogP contribution < -0.4 is 10.5 Å². The van der Waals surface area contributed by atoms with Gasteiger partial charge in [0.2, 0.25) is 0 Å². The molecule has 0 spiro atoms. The third-order valence-corrected chi connectivity index (χ3v) is 3.70. The summed E-state index contributed by atoms with van der Waals surface area (Å²) in [5.74, 6) is 1.45. The van der Waals surface area contributed by atoms with Crippen LogP contribution in [0.3, 0.4) is 0 Å². The van der Waals surface area contributed by atoms with Crippen molar-refractivity contribution in [1.29, 1.82) is 5.26 Å². The van der Waals surface area contributed by atoms with Gasteiger partial charge in [0.1, 0.15) is 11.9 Å². The smallest absolute Gasteiger partial charge is 0.120 e. The maximum absolute atomic E-state index is 8.75. The molecule has 3 heteroatoms. The molecular weight excluding hydrogens is 224 g/mol. The number of hydrogen-bond donors (Lipinski definition) is 1. The monoisotopic (exact) mass is 244 g/mol. The van der Waals surface area contributed by atoms with Gasteiger partial charge in [0.15, 0.2) is 0 Å². The molecule has 0 radical (unpaired) electrons. The molecule has 1 aromatic rings. The van der Waals surface area contributed by atoms with Crippen molar-refractivity contribution in [2.75, 3.05) is 5.73 Å². The third kappa shape index (κ3) is 2.95. The van der Waals surface area contributed by atoms with Gasteiger partial charge in [-0.1, -0.05) is 13.3 Å². The van der Waals surface area contributed by atoms with Crippen LogP contribution in [-0.2, 0) is 6.42 Å². The summed E-state index contributed by atoms with van der Waals surface area (Å²) in [7, 11) is 0. The van der Waals surface area contributed by atoms with E-state index in [-0.39, 0.29) is 0 Å². The fourth-order valence-electron chi connectivity index (χ4n) is 2.53. The molecule has 1 aromatic carbocycles. The number of rotatable bonds is 3. The highest BCUT2D eigenvalue weighted by atomic mass is 16.5. The predicted octanol–water partition coefficient (Wildman–Crippen LogP) is 3.29. The number of hydrogen-bond acceptors (Lipinski definition) is 3. The summed E-state index contributed by atoms with van der Waals surface area (Å²) in [6.07, 6.45) is 5.56. The summed E-state index contributed by atoms with van der Waals surface area (Å²) in [5.41, 5.74) is 7.36. The van der Waals surface area contributed by atoms with E-state index in [1.807, 2.05) is 18.2 Å². The van der Waals surface area contributed by atoms with Crippen LogP contribution >= 0.6 is 0 Å². The summed E-state index contributed by atoms with van der Waals surface area (Å²) in [6, 6.07) is 7.76. The fraction of sp³-hybridized carbons (Fsp3) is 0.533. The fourth-order valence-corrected chi connectivity index (χ4v) is 2.53. The molecular formula is C15H20N2O. The summed E-state index contributed by atoms with van der Waals surface area (Å²) in [6.45, 7) is 2.25. The van der Waals surface area contributed by atoms with Crippen LogP contribution in [0.15, 0.2) is 18.2 Å². The van der Waals surface area contributed by atoms with Crippen LogP contribution in [0, 0.1) is 17.2 Å². The lowest BCUT2D eigenvalue weighted by atomic mass is 9.88. The maximum Gasteiger partial charge on any atom is 0.120 e. The van der Waals surface area contributed by atoms with Crippen LogP contribution in [0.25, 0.3) is 0 Å². The van der Waals surface area contributed by atoms with Crippen molar-refractivity contribution in [3.63, 3.8) is 0 Å². The molecule has 2 rings (SSSR count). The zero-order chi connectivity index (χ0) is 13.0. The van der Waals surface area contributed by atoms with Gasteiger partial charge in [-0.15, -0.1) is 0 Å². The number of nitriles is 1. The minimum atomic E-state index is 0.303. The van der Waals surface area contributed by atoms with E-state index in [0.29, 0.717) is 24.1 Å². The SMILES string of the molecule is CC1CCCCC1Oc1ccc(N)c(CC#N)c1. The second kappa shape index (κ2) is 5.77. The molecule has 1 fully saturated rings. The highest BCUT2D eigenvalue weighted by Crippen LogP contribution is 2.29. The quantitative estimate of drug-likeness (QED) is 0.830. The number of ether oxygens (including phenoxy) is 1. The van der Waals surface area contributed by atoms with Gasteiger partial charge in [-0.05, 0) is 48.9 Å². The van der Waals surface area contributed by atoms with Gasteiger partial charge >= 0.3 is 0 Å². The molecule has 1 aliphatic carbocycles. The molecule has 0 bridgehead atoms. The minimum absolute atomic E-state index is 0.303. The Hall–Kier alpha value is -1.69. The first-order chi connectivity index (χ1) is 8.70. The van der Waals surface area contributed by atoms with E-state index in [4.69, 9.17) is 15.7 Å². The first-order valence-corrected chi connectivity index (χ1v) is 6.62. The Morgan fingerprint density at radius 3 is 2.89 bits per heavy atom. The maximum atomic E-state index is 8.75. The Morgan fingerprint density at radius 2 is 2.17 bits per heavy atom. The number of nitrogens with zero attached hydrogens (tertiary/aromatic N) is 1. The predicted molar refractivity (Wildman–Crippen MR) is 72.2 cm³/mol. The first-order valence-electron chi connectivity index (χ1n) is 6.62. The third-order valence-electron chi connectivity index (χ3n) is 3.70. The lowest BCUT2D eigenvalue weighted by Crippen LogP contribution is -2.28.